The van der Waals surface area contributed by atoms with Gasteiger partial charge in [0.2, 0.25) is 0 Å². The zero-order valence-corrected chi connectivity index (χ0v) is 5.55. The molecule has 0 amide bonds. The van der Waals surface area contributed by atoms with Gasteiger partial charge in [-0.3, -0.25) is 0 Å². The number of carbonyl (C=O) groups is 1. The fourth-order valence-electron chi connectivity index (χ4n) is 2.25. The quantitative estimate of drug-likeness (QED) is 0.485. The second-order valence-corrected chi connectivity index (χ2v) is 3.33. The Balaban J connectivity index is 1.98. The summed E-state index contributed by atoms with van der Waals surface area (Å²) < 4.78 is 0. The molecule has 0 bridgehead atoms. The van der Waals surface area contributed by atoms with E-state index in [9.17, 15) is 4.79 Å². The number of rotatable bonds is 1. The lowest BCUT2D eigenvalue weighted by Gasteiger charge is -2.04. The van der Waals surface area contributed by atoms with Gasteiger partial charge in [-0.15, -0.1) is 0 Å². The topological polar surface area (TPSA) is 17.1 Å². The standard InChI is InChI=1S/C8H12O/c9-5-8-6-3-1-2-4-7(6)8/h5-8H,1-4H2. The molecule has 2 aliphatic rings. The van der Waals surface area contributed by atoms with Crippen LogP contribution >= 0.6 is 0 Å². The summed E-state index contributed by atoms with van der Waals surface area (Å²) in [6.45, 7) is 0. The van der Waals surface area contributed by atoms with Crippen molar-refractivity contribution in [3.8, 4) is 0 Å². The van der Waals surface area contributed by atoms with E-state index in [1.807, 2.05) is 0 Å². The highest BCUT2D eigenvalue weighted by Crippen LogP contribution is 2.53. The summed E-state index contributed by atoms with van der Waals surface area (Å²) in [6, 6.07) is 0. The monoisotopic (exact) mass is 124 g/mol. The van der Waals surface area contributed by atoms with Gasteiger partial charge in [-0.2, -0.15) is 0 Å². The van der Waals surface area contributed by atoms with E-state index in [1.54, 1.807) is 0 Å². The van der Waals surface area contributed by atoms with Crippen LogP contribution in [0, 0.1) is 17.8 Å². The fourth-order valence-corrected chi connectivity index (χ4v) is 2.25. The van der Waals surface area contributed by atoms with E-state index in [0.29, 0.717) is 5.92 Å². The highest BCUT2D eigenvalue weighted by atomic mass is 16.1. The van der Waals surface area contributed by atoms with Gasteiger partial charge < -0.3 is 4.79 Å². The molecule has 2 fully saturated rings. The van der Waals surface area contributed by atoms with Crippen molar-refractivity contribution in [1.82, 2.24) is 0 Å². The summed E-state index contributed by atoms with van der Waals surface area (Å²) in [5.41, 5.74) is 0. The molecular formula is C8H12O. The van der Waals surface area contributed by atoms with Crippen molar-refractivity contribution in [3.63, 3.8) is 0 Å². The van der Waals surface area contributed by atoms with Crippen molar-refractivity contribution in [2.24, 2.45) is 17.8 Å². The van der Waals surface area contributed by atoms with Gasteiger partial charge in [-0.05, 0) is 24.7 Å². The molecule has 0 N–H and O–H groups in total. The highest BCUT2D eigenvalue weighted by Gasteiger charge is 2.50. The van der Waals surface area contributed by atoms with Crippen molar-refractivity contribution in [1.29, 1.82) is 0 Å². The van der Waals surface area contributed by atoms with Gasteiger partial charge in [0.25, 0.3) is 0 Å². The zero-order valence-electron chi connectivity index (χ0n) is 5.55. The van der Waals surface area contributed by atoms with Crippen LogP contribution in [0.2, 0.25) is 0 Å². The maximum atomic E-state index is 10.3. The van der Waals surface area contributed by atoms with Crippen LogP contribution in [0.15, 0.2) is 0 Å². The van der Waals surface area contributed by atoms with Crippen molar-refractivity contribution < 1.29 is 4.79 Å². The molecule has 0 aliphatic heterocycles. The van der Waals surface area contributed by atoms with E-state index in [2.05, 4.69) is 0 Å². The number of aldehydes is 1. The molecule has 2 rings (SSSR count). The molecule has 0 spiro atoms. The third-order valence-electron chi connectivity index (χ3n) is 2.88. The first-order valence-electron chi connectivity index (χ1n) is 3.89. The summed E-state index contributed by atoms with van der Waals surface area (Å²) in [5.74, 6) is 2.11. The molecule has 2 saturated carbocycles. The second-order valence-electron chi connectivity index (χ2n) is 3.33. The van der Waals surface area contributed by atoms with Crippen molar-refractivity contribution in [3.05, 3.63) is 0 Å². The zero-order chi connectivity index (χ0) is 6.27. The van der Waals surface area contributed by atoms with E-state index < -0.39 is 0 Å². The number of hydrogen-bond acceptors (Lipinski definition) is 1. The third kappa shape index (κ3) is 0.707. The van der Waals surface area contributed by atoms with Gasteiger partial charge in [0.05, 0.1) is 0 Å². The Bertz CT molecular complexity index is 119. The molecule has 0 saturated heterocycles. The third-order valence-corrected chi connectivity index (χ3v) is 2.88. The first kappa shape index (κ1) is 5.45. The summed E-state index contributed by atoms with van der Waals surface area (Å²) in [7, 11) is 0. The largest absolute Gasteiger partial charge is 0.303 e. The summed E-state index contributed by atoms with van der Waals surface area (Å²) in [5, 5.41) is 0. The number of carbonyl (C=O) groups excluding carboxylic acids is 1. The van der Waals surface area contributed by atoms with Crippen LogP contribution < -0.4 is 0 Å². The normalized spacial score (nSPS) is 47.8. The lowest BCUT2D eigenvalue weighted by Crippen LogP contribution is -1.91. The second kappa shape index (κ2) is 1.83. The van der Waals surface area contributed by atoms with E-state index in [4.69, 9.17) is 0 Å². The smallest absolute Gasteiger partial charge is 0.123 e. The Kier molecular flexibility index (Phi) is 1.11. The van der Waals surface area contributed by atoms with Crippen molar-refractivity contribution in [2.45, 2.75) is 25.7 Å². The van der Waals surface area contributed by atoms with E-state index in [-0.39, 0.29) is 0 Å². The highest BCUT2D eigenvalue weighted by molar-refractivity contribution is 5.59. The lowest BCUT2D eigenvalue weighted by molar-refractivity contribution is -0.109. The van der Waals surface area contributed by atoms with Crippen LogP contribution in [0.3, 0.4) is 0 Å². The minimum atomic E-state index is 0.479. The maximum absolute atomic E-state index is 10.3. The summed E-state index contributed by atoms with van der Waals surface area (Å²) in [4.78, 5) is 10.3. The molecule has 1 heteroatoms. The Morgan fingerprint density at radius 2 is 1.67 bits per heavy atom. The molecule has 0 aromatic rings. The molecular weight excluding hydrogens is 112 g/mol. The van der Waals surface area contributed by atoms with Gasteiger partial charge >= 0.3 is 0 Å². The predicted octanol–water partition coefficient (Wildman–Crippen LogP) is 1.62. The predicted molar refractivity (Wildman–Crippen MR) is 35.0 cm³/mol. The number of hydrogen-bond donors (Lipinski definition) is 0. The van der Waals surface area contributed by atoms with Gasteiger partial charge in [0.15, 0.2) is 0 Å². The fraction of sp³-hybridized carbons (Fsp3) is 0.875. The summed E-state index contributed by atoms with van der Waals surface area (Å²) in [6.07, 6.45) is 6.56. The molecule has 0 heterocycles. The molecule has 0 aromatic heterocycles. The maximum Gasteiger partial charge on any atom is 0.123 e. The van der Waals surface area contributed by atoms with Crippen molar-refractivity contribution in [2.75, 3.05) is 0 Å². The van der Waals surface area contributed by atoms with Crippen LogP contribution in [0.4, 0.5) is 0 Å². The van der Waals surface area contributed by atoms with E-state index >= 15 is 0 Å². The molecule has 2 unspecified atom stereocenters. The Morgan fingerprint density at radius 3 is 2.11 bits per heavy atom. The molecule has 0 aromatic carbocycles. The van der Waals surface area contributed by atoms with Gasteiger partial charge in [0, 0.05) is 5.92 Å². The molecule has 2 atom stereocenters. The summed E-state index contributed by atoms with van der Waals surface area (Å²) >= 11 is 0. The van der Waals surface area contributed by atoms with Crippen molar-refractivity contribution >= 4 is 6.29 Å². The first-order chi connectivity index (χ1) is 4.43. The average molecular weight is 124 g/mol. The molecule has 2 aliphatic carbocycles. The van der Waals surface area contributed by atoms with Gasteiger partial charge in [-0.25, -0.2) is 0 Å². The average Bonchev–Trinajstić information content (AvgIpc) is 2.60. The van der Waals surface area contributed by atoms with Gasteiger partial charge in [-0.1, -0.05) is 12.8 Å². The van der Waals surface area contributed by atoms with Gasteiger partial charge in [0.1, 0.15) is 6.29 Å². The molecule has 0 radical (unpaired) electrons. The van der Waals surface area contributed by atoms with Crippen LogP contribution in [0.25, 0.3) is 0 Å². The Hall–Kier alpha value is -0.330. The van der Waals surface area contributed by atoms with E-state index in [1.165, 1.54) is 32.0 Å². The SMILES string of the molecule is O=CC1C2CCCCC12. The minimum absolute atomic E-state index is 0.479. The molecule has 9 heavy (non-hydrogen) atoms. The Labute approximate surface area is 55.4 Å². The van der Waals surface area contributed by atoms with Crippen LogP contribution in [-0.2, 0) is 4.79 Å². The first-order valence-corrected chi connectivity index (χ1v) is 3.89. The van der Waals surface area contributed by atoms with Crippen LogP contribution in [0.1, 0.15) is 25.7 Å². The van der Waals surface area contributed by atoms with Crippen LogP contribution in [-0.4, -0.2) is 6.29 Å². The molecule has 50 valence electrons. The van der Waals surface area contributed by atoms with Crippen LogP contribution in [0.5, 0.6) is 0 Å². The lowest BCUT2D eigenvalue weighted by atomic mass is 10.0. The van der Waals surface area contributed by atoms with E-state index in [0.717, 1.165) is 11.8 Å². The minimum Gasteiger partial charge on any atom is -0.303 e. The molecule has 1 nitrogen and oxygen atoms in total. The Morgan fingerprint density at radius 1 is 1.11 bits per heavy atom. The number of fused-ring (bicyclic) bond motifs is 1.